The largest absolute Gasteiger partial charge is 0.378 e. The summed E-state index contributed by atoms with van der Waals surface area (Å²) in [5.41, 5.74) is 0.863. The van der Waals surface area contributed by atoms with Crippen LogP contribution < -0.4 is 10.2 Å². The van der Waals surface area contributed by atoms with Gasteiger partial charge in [0.1, 0.15) is 0 Å². The van der Waals surface area contributed by atoms with Gasteiger partial charge in [-0.15, -0.1) is 0 Å². The van der Waals surface area contributed by atoms with E-state index in [-0.39, 0.29) is 0 Å². The quantitative estimate of drug-likeness (QED) is 0.931. The Morgan fingerprint density at radius 2 is 1.90 bits per heavy atom. The van der Waals surface area contributed by atoms with Crippen LogP contribution in [0.5, 0.6) is 0 Å². The van der Waals surface area contributed by atoms with Crippen molar-refractivity contribution in [2.45, 2.75) is 0 Å². The number of benzene rings is 1. The van der Waals surface area contributed by atoms with Crippen LogP contribution >= 0.6 is 11.6 Å². The number of anilines is 3. The maximum Gasteiger partial charge on any atom is 0.232 e. The molecule has 1 saturated heterocycles. The van der Waals surface area contributed by atoms with Crippen LogP contribution in [0.25, 0.3) is 0 Å². The molecule has 0 saturated carbocycles. The van der Waals surface area contributed by atoms with Crippen LogP contribution in [0.2, 0.25) is 5.02 Å². The lowest BCUT2D eigenvalue weighted by Crippen LogP contribution is -2.37. The van der Waals surface area contributed by atoms with Crippen molar-refractivity contribution in [2.24, 2.45) is 0 Å². The zero-order valence-corrected chi connectivity index (χ0v) is 11.5. The average molecular weight is 291 g/mol. The molecular formula is C13H13ClN5O. The molecule has 3 rings (SSSR count). The molecule has 0 amide bonds. The highest BCUT2D eigenvalue weighted by molar-refractivity contribution is 6.30. The number of halogens is 1. The van der Waals surface area contributed by atoms with Gasteiger partial charge < -0.3 is 15.0 Å². The van der Waals surface area contributed by atoms with Crippen LogP contribution in [0.3, 0.4) is 0 Å². The fraction of sp³-hybridized carbons (Fsp3) is 0.308. The monoisotopic (exact) mass is 290 g/mol. The van der Waals surface area contributed by atoms with Crippen molar-refractivity contribution in [3.05, 3.63) is 35.6 Å². The predicted octanol–water partition coefficient (Wildman–Crippen LogP) is 1.91. The van der Waals surface area contributed by atoms with E-state index in [4.69, 9.17) is 16.3 Å². The summed E-state index contributed by atoms with van der Waals surface area (Å²) in [6.07, 6.45) is 2.62. The van der Waals surface area contributed by atoms with Gasteiger partial charge in [0, 0.05) is 23.8 Å². The van der Waals surface area contributed by atoms with Gasteiger partial charge in [-0.2, -0.15) is 15.0 Å². The summed E-state index contributed by atoms with van der Waals surface area (Å²) >= 11 is 5.85. The van der Waals surface area contributed by atoms with Gasteiger partial charge in [-0.1, -0.05) is 11.6 Å². The van der Waals surface area contributed by atoms with Crippen LogP contribution in [0, 0.1) is 6.33 Å². The molecule has 1 aliphatic rings. The second kappa shape index (κ2) is 6.02. The molecule has 1 aromatic heterocycles. The van der Waals surface area contributed by atoms with Crippen molar-refractivity contribution in [2.75, 3.05) is 36.5 Å². The van der Waals surface area contributed by atoms with Crippen molar-refractivity contribution < 1.29 is 4.74 Å². The van der Waals surface area contributed by atoms with Crippen molar-refractivity contribution in [1.29, 1.82) is 0 Å². The normalized spacial score (nSPS) is 15.2. The van der Waals surface area contributed by atoms with E-state index in [9.17, 15) is 0 Å². The first-order valence-electron chi connectivity index (χ1n) is 6.29. The lowest BCUT2D eigenvalue weighted by Gasteiger charge is -2.26. The number of hydrogen-bond donors (Lipinski definition) is 1. The molecule has 103 valence electrons. The first-order valence-corrected chi connectivity index (χ1v) is 6.66. The minimum absolute atomic E-state index is 0.462. The van der Waals surface area contributed by atoms with E-state index in [1.807, 2.05) is 12.1 Å². The highest BCUT2D eigenvalue weighted by Gasteiger charge is 2.14. The Hall–Kier alpha value is -1.92. The molecule has 20 heavy (non-hydrogen) atoms. The number of nitrogens with one attached hydrogen (secondary N) is 1. The number of nitrogens with zero attached hydrogens (tertiary/aromatic N) is 4. The van der Waals surface area contributed by atoms with E-state index < -0.39 is 0 Å². The molecule has 6 nitrogen and oxygen atoms in total. The topological polar surface area (TPSA) is 63.2 Å². The number of ether oxygens (including phenoxy) is 1. The Bertz CT molecular complexity index is 571. The first kappa shape index (κ1) is 13.1. The van der Waals surface area contributed by atoms with Gasteiger partial charge in [0.15, 0.2) is 0 Å². The summed E-state index contributed by atoms with van der Waals surface area (Å²) in [4.78, 5) is 14.5. The molecule has 1 aromatic carbocycles. The molecule has 0 aliphatic carbocycles. The zero-order chi connectivity index (χ0) is 13.8. The van der Waals surface area contributed by atoms with Gasteiger partial charge in [-0.3, -0.25) is 0 Å². The maximum absolute atomic E-state index is 5.85. The molecule has 2 aromatic rings. The van der Waals surface area contributed by atoms with Crippen LogP contribution in [-0.2, 0) is 4.74 Å². The summed E-state index contributed by atoms with van der Waals surface area (Å²) in [5, 5.41) is 3.79. The SMILES string of the molecule is Clc1ccc(Nc2n[c]nc(N3CCOCC3)n2)cc1. The van der Waals surface area contributed by atoms with Crippen LogP contribution in [0.4, 0.5) is 17.6 Å². The Kier molecular flexibility index (Phi) is 3.94. The molecule has 7 heteroatoms. The standard InChI is InChI=1S/C13H13ClN5O/c14-10-1-3-11(4-2-10)17-12-15-9-16-13(18-12)19-5-7-20-8-6-19/h1-4H,5-8H2,(H,15,16,17,18). The average Bonchev–Trinajstić information content (AvgIpc) is 2.51. The lowest BCUT2D eigenvalue weighted by molar-refractivity contribution is 0.122. The molecule has 0 atom stereocenters. The molecule has 1 radical (unpaired) electrons. The van der Waals surface area contributed by atoms with E-state index >= 15 is 0 Å². The molecule has 0 spiro atoms. The van der Waals surface area contributed by atoms with Crippen molar-refractivity contribution >= 4 is 29.2 Å². The summed E-state index contributed by atoms with van der Waals surface area (Å²) < 4.78 is 5.31. The summed E-state index contributed by atoms with van der Waals surface area (Å²) in [5.74, 6) is 1.07. The van der Waals surface area contributed by atoms with E-state index in [2.05, 4.69) is 31.5 Å². The number of aromatic nitrogens is 3. The van der Waals surface area contributed by atoms with Gasteiger partial charge in [0.05, 0.1) is 13.2 Å². The molecule has 0 bridgehead atoms. The smallest absolute Gasteiger partial charge is 0.232 e. The first-order chi connectivity index (χ1) is 9.81. The second-order valence-electron chi connectivity index (χ2n) is 4.29. The third kappa shape index (κ3) is 3.15. The maximum atomic E-state index is 5.85. The third-order valence-electron chi connectivity index (χ3n) is 2.91. The molecule has 1 fully saturated rings. The fourth-order valence-electron chi connectivity index (χ4n) is 1.88. The number of morpholine rings is 1. The highest BCUT2D eigenvalue weighted by Crippen LogP contribution is 2.17. The van der Waals surface area contributed by atoms with Crippen LogP contribution in [-0.4, -0.2) is 41.3 Å². The lowest BCUT2D eigenvalue weighted by atomic mass is 10.3. The zero-order valence-electron chi connectivity index (χ0n) is 10.7. The van der Waals surface area contributed by atoms with Gasteiger partial charge in [0.25, 0.3) is 0 Å². The van der Waals surface area contributed by atoms with E-state index in [0.717, 1.165) is 18.8 Å². The van der Waals surface area contributed by atoms with Crippen molar-refractivity contribution in [3.63, 3.8) is 0 Å². The van der Waals surface area contributed by atoms with Gasteiger partial charge in [-0.05, 0) is 24.3 Å². The summed E-state index contributed by atoms with van der Waals surface area (Å²) in [6.45, 7) is 2.92. The van der Waals surface area contributed by atoms with Gasteiger partial charge in [-0.25, -0.2) is 0 Å². The summed E-state index contributed by atoms with van der Waals surface area (Å²) in [6, 6.07) is 7.33. The molecule has 1 aliphatic heterocycles. The number of rotatable bonds is 3. The summed E-state index contributed by atoms with van der Waals surface area (Å²) in [7, 11) is 0. The molecule has 2 heterocycles. The molecular weight excluding hydrogens is 278 g/mol. The Morgan fingerprint density at radius 3 is 2.65 bits per heavy atom. The predicted molar refractivity (Wildman–Crippen MR) is 76.4 cm³/mol. The molecule has 0 unspecified atom stereocenters. The van der Waals surface area contributed by atoms with Crippen LogP contribution in [0.15, 0.2) is 24.3 Å². The van der Waals surface area contributed by atoms with Gasteiger partial charge in [0.2, 0.25) is 18.2 Å². The number of hydrogen-bond acceptors (Lipinski definition) is 6. The van der Waals surface area contributed by atoms with E-state index in [1.165, 1.54) is 0 Å². The van der Waals surface area contributed by atoms with Gasteiger partial charge >= 0.3 is 0 Å². The van der Waals surface area contributed by atoms with Crippen molar-refractivity contribution in [3.8, 4) is 0 Å². The third-order valence-corrected chi connectivity index (χ3v) is 3.16. The van der Waals surface area contributed by atoms with Crippen molar-refractivity contribution in [1.82, 2.24) is 15.0 Å². The Labute approximate surface area is 121 Å². The van der Waals surface area contributed by atoms with Crippen LogP contribution in [0.1, 0.15) is 0 Å². The van der Waals surface area contributed by atoms with E-state index in [0.29, 0.717) is 30.1 Å². The Morgan fingerprint density at radius 1 is 1.15 bits per heavy atom. The van der Waals surface area contributed by atoms with E-state index in [1.54, 1.807) is 12.1 Å². The highest BCUT2D eigenvalue weighted by atomic mass is 35.5. The minimum atomic E-state index is 0.462. The fourth-order valence-corrected chi connectivity index (χ4v) is 2.01. The second-order valence-corrected chi connectivity index (χ2v) is 4.73. The minimum Gasteiger partial charge on any atom is -0.378 e. The Balaban J connectivity index is 1.75. The molecule has 1 N–H and O–H groups in total.